The van der Waals surface area contributed by atoms with Crippen LogP contribution in [0.15, 0.2) is 30.3 Å². The van der Waals surface area contributed by atoms with E-state index in [4.69, 9.17) is 4.74 Å². The Morgan fingerprint density at radius 1 is 1.30 bits per heavy atom. The second-order valence-electron chi connectivity index (χ2n) is 6.10. The van der Waals surface area contributed by atoms with Gasteiger partial charge in [-0.05, 0) is 32.4 Å². The van der Waals surface area contributed by atoms with Crippen molar-refractivity contribution in [1.82, 2.24) is 10.2 Å². The molecule has 0 spiro atoms. The lowest BCUT2D eigenvalue weighted by atomic mass is 9.93. The van der Waals surface area contributed by atoms with E-state index in [9.17, 15) is 0 Å². The normalized spacial score (nSPS) is 27.2. The van der Waals surface area contributed by atoms with Crippen LogP contribution in [0.25, 0.3) is 0 Å². The summed E-state index contributed by atoms with van der Waals surface area (Å²) in [5.74, 6) is 0.565. The largest absolute Gasteiger partial charge is 0.376 e. The van der Waals surface area contributed by atoms with Gasteiger partial charge in [-0.15, -0.1) is 0 Å². The van der Waals surface area contributed by atoms with Gasteiger partial charge in [0.2, 0.25) is 0 Å². The van der Waals surface area contributed by atoms with Crippen molar-refractivity contribution in [3.05, 3.63) is 35.9 Å². The van der Waals surface area contributed by atoms with Crippen molar-refractivity contribution in [3.8, 4) is 0 Å². The Balaban J connectivity index is 2.00. The summed E-state index contributed by atoms with van der Waals surface area (Å²) in [6, 6.07) is 11.7. The first-order chi connectivity index (χ1) is 9.61. The van der Waals surface area contributed by atoms with Gasteiger partial charge in [-0.2, -0.15) is 0 Å². The average molecular weight is 276 g/mol. The van der Waals surface area contributed by atoms with Crippen LogP contribution in [0.2, 0.25) is 0 Å². The van der Waals surface area contributed by atoms with Crippen LogP contribution >= 0.6 is 0 Å². The van der Waals surface area contributed by atoms with E-state index in [-0.39, 0.29) is 0 Å². The number of benzene rings is 1. The molecule has 0 amide bonds. The van der Waals surface area contributed by atoms with Gasteiger partial charge in [-0.25, -0.2) is 0 Å². The van der Waals surface area contributed by atoms with Crippen LogP contribution in [0.1, 0.15) is 32.4 Å². The molecule has 0 saturated carbocycles. The third kappa shape index (κ3) is 3.81. The summed E-state index contributed by atoms with van der Waals surface area (Å²) in [6.45, 7) is 9.75. The molecule has 1 N–H and O–H groups in total. The van der Waals surface area contributed by atoms with Crippen molar-refractivity contribution in [1.29, 1.82) is 0 Å². The van der Waals surface area contributed by atoms with Crippen molar-refractivity contribution in [2.24, 2.45) is 5.92 Å². The Kier molecular flexibility index (Phi) is 5.58. The number of nitrogens with one attached hydrogen (secondary N) is 1. The number of hydrogen-bond donors (Lipinski definition) is 1. The van der Waals surface area contributed by atoms with Gasteiger partial charge in [0.15, 0.2) is 0 Å². The quantitative estimate of drug-likeness (QED) is 0.895. The highest BCUT2D eigenvalue weighted by Crippen LogP contribution is 2.24. The number of hydrogen-bond acceptors (Lipinski definition) is 3. The molecule has 3 nitrogen and oxygen atoms in total. The van der Waals surface area contributed by atoms with Crippen molar-refractivity contribution in [2.45, 2.75) is 39.0 Å². The van der Waals surface area contributed by atoms with E-state index in [0.29, 0.717) is 24.1 Å². The zero-order valence-electron chi connectivity index (χ0n) is 13.2. The molecule has 1 aromatic carbocycles. The molecule has 1 saturated heterocycles. The second kappa shape index (κ2) is 7.21. The van der Waals surface area contributed by atoms with Crippen LogP contribution in [0.5, 0.6) is 0 Å². The lowest BCUT2D eigenvalue weighted by Crippen LogP contribution is -2.49. The molecule has 1 aliphatic rings. The van der Waals surface area contributed by atoms with E-state index in [1.807, 2.05) is 0 Å². The highest BCUT2D eigenvalue weighted by molar-refractivity contribution is 5.19. The van der Waals surface area contributed by atoms with E-state index < -0.39 is 0 Å². The molecule has 0 aliphatic carbocycles. The Morgan fingerprint density at radius 2 is 2.00 bits per heavy atom. The predicted octanol–water partition coefficient (Wildman–Crippen LogP) is 2.69. The minimum absolute atomic E-state index is 0.350. The fourth-order valence-electron chi connectivity index (χ4n) is 3.14. The third-order valence-corrected chi connectivity index (χ3v) is 4.30. The van der Waals surface area contributed by atoms with Crippen molar-refractivity contribution < 1.29 is 4.74 Å². The zero-order chi connectivity index (χ0) is 14.5. The van der Waals surface area contributed by atoms with Crippen molar-refractivity contribution in [2.75, 3.05) is 26.7 Å². The zero-order valence-corrected chi connectivity index (χ0v) is 13.2. The molecule has 0 aromatic heterocycles. The second-order valence-corrected chi connectivity index (χ2v) is 6.10. The van der Waals surface area contributed by atoms with E-state index in [1.165, 1.54) is 5.56 Å². The predicted molar refractivity (Wildman–Crippen MR) is 83.9 cm³/mol. The molecule has 2 rings (SSSR count). The molecule has 1 fully saturated rings. The van der Waals surface area contributed by atoms with Crippen molar-refractivity contribution in [3.63, 3.8) is 0 Å². The number of nitrogens with zero attached hydrogens (tertiary/aromatic N) is 1. The van der Waals surface area contributed by atoms with Gasteiger partial charge >= 0.3 is 0 Å². The topological polar surface area (TPSA) is 24.5 Å². The summed E-state index contributed by atoms with van der Waals surface area (Å²) < 4.78 is 5.72. The Bertz CT molecular complexity index is 395. The lowest BCUT2D eigenvalue weighted by Gasteiger charge is -2.39. The highest BCUT2D eigenvalue weighted by atomic mass is 16.5. The Hall–Kier alpha value is -0.900. The van der Waals surface area contributed by atoms with E-state index in [1.54, 1.807) is 0 Å². The van der Waals surface area contributed by atoms with E-state index in [2.05, 4.69) is 68.4 Å². The fraction of sp³-hybridized carbons (Fsp3) is 0.647. The summed E-state index contributed by atoms with van der Waals surface area (Å²) in [6.07, 6.45) is 0.350. The SMILES string of the molecule is CNC(c1ccccc1)C(C)CN1CC(C)OCC1C. The highest BCUT2D eigenvalue weighted by Gasteiger charge is 2.27. The van der Waals surface area contributed by atoms with Gasteiger partial charge in [0.05, 0.1) is 12.7 Å². The van der Waals surface area contributed by atoms with E-state index in [0.717, 1.165) is 19.7 Å². The maximum Gasteiger partial charge on any atom is 0.0674 e. The van der Waals surface area contributed by atoms with Gasteiger partial charge in [0, 0.05) is 25.2 Å². The molecular weight excluding hydrogens is 248 g/mol. The Morgan fingerprint density at radius 3 is 2.65 bits per heavy atom. The van der Waals surface area contributed by atoms with Crippen LogP contribution < -0.4 is 5.32 Å². The molecule has 1 aromatic rings. The van der Waals surface area contributed by atoms with Crippen molar-refractivity contribution >= 4 is 0 Å². The molecule has 4 atom stereocenters. The van der Waals surface area contributed by atoms with Gasteiger partial charge in [0.25, 0.3) is 0 Å². The summed E-state index contributed by atoms with van der Waals surface area (Å²) in [5, 5.41) is 3.48. The number of rotatable bonds is 5. The summed E-state index contributed by atoms with van der Waals surface area (Å²) in [5.41, 5.74) is 1.37. The summed E-state index contributed by atoms with van der Waals surface area (Å²) in [4.78, 5) is 2.56. The molecule has 0 radical (unpaired) electrons. The maximum atomic E-state index is 5.72. The minimum Gasteiger partial charge on any atom is -0.376 e. The van der Waals surface area contributed by atoms with Crippen LogP contribution in [-0.4, -0.2) is 43.8 Å². The molecule has 1 aliphatic heterocycles. The molecule has 112 valence electrons. The molecular formula is C17H28N2O. The van der Waals surface area contributed by atoms with Crippen LogP contribution in [0, 0.1) is 5.92 Å². The number of morpholine rings is 1. The van der Waals surface area contributed by atoms with Gasteiger partial charge in [-0.3, -0.25) is 4.90 Å². The fourth-order valence-corrected chi connectivity index (χ4v) is 3.14. The van der Waals surface area contributed by atoms with Crippen LogP contribution in [0.4, 0.5) is 0 Å². The van der Waals surface area contributed by atoms with Gasteiger partial charge < -0.3 is 10.1 Å². The smallest absolute Gasteiger partial charge is 0.0674 e. The monoisotopic (exact) mass is 276 g/mol. The summed E-state index contributed by atoms with van der Waals surface area (Å²) >= 11 is 0. The van der Waals surface area contributed by atoms with Crippen LogP contribution in [-0.2, 0) is 4.74 Å². The molecule has 4 unspecified atom stereocenters. The average Bonchev–Trinajstić information content (AvgIpc) is 2.45. The molecule has 20 heavy (non-hydrogen) atoms. The third-order valence-electron chi connectivity index (χ3n) is 4.30. The maximum absolute atomic E-state index is 5.72. The first kappa shape index (κ1) is 15.5. The van der Waals surface area contributed by atoms with Gasteiger partial charge in [-0.1, -0.05) is 37.3 Å². The molecule has 3 heteroatoms. The minimum atomic E-state index is 0.350. The van der Waals surface area contributed by atoms with Crippen LogP contribution in [0.3, 0.4) is 0 Å². The first-order valence-corrected chi connectivity index (χ1v) is 7.69. The number of ether oxygens (including phenoxy) is 1. The standard InChI is InChI=1S/C17H28N2O/c1-13(10-19-11-15(3)20-12-14(19)2)17(18-4)16-8-6-5-7-9-16/h5-9,13-15,17-18H,10-12H2,1-4H3. The van der Waals surface area contributed by atoms with E-state index >= 15 is 0 Å². The molecule has 1 heterocycles. The lowest BCUT2D eigenvalue weighted by molar-refractivity contribution is -0.0548. The van der Waals surface area contributed by atoms with Gasteiger partial charge in [0.1, 0.15) is 0 Å². The Labute approximate surface area is 123 Å². The molecule has 0 bridgehead atoms. The summed E-state index contributed by atoms with van der Waals surface area (Å²) in [7, 11) is 2.06. The first-order valence-electron chi connectivity index (χ1n) is 7.69.